The Kier molecular flexibility index (Phi) is 6.40. The molecule has 1 saturated heterocycles. The zero-order chi connectivity index (χ0) is 18.4. The topological polar surface area (TPSA) is 16.1 Å². The fourth-order valence-electron chi connectivity index (χ4n) is 3.58. The molecule has 2 nitrogen and oxygen atoms in total. The summed E-state index contributed by atoms with van der Waals surface area (Å²) in [7, 11) is 0. The van der Waals surface area contributed by atoms with E-state index in [1.807, 2.05) is 18.5 Å². The number of fused-ring (bicyclic) bond motifs is 1. The molecule has 1 aliphatic rings. The minimum Gasteiger partial charge on any atom is -0.299 e. The van der Waals surface area contributed by atoms with Crippen LogP contribution in [0.2, 0.25) is 0 Å². The smallest absolute Gasteiger partial charge is 0.0346 e. The highest BCUT2D eigenvalue weighted by molar-refractivity contribution is 5.81. The molecule has 0 spiro atoms. The van der Waals surface area contributed by atoms with Crippen molar-refractivity contribution in [3.63, 3.8) is 0 Å². The highest BCUT2D eigenvalue weighted by atomic mass is 15.1. The second kappa shape index (κ2) is 8.95. The summed E-state index contributed by atoms with van der Waals surface area (Å²) in [6.07, 6.45) is 6.48. The maximum atomic E-state index is 4.04. The number of benzene rings is 2. The second-order valence-corrected chi connectivity index (χ2v) is 7.69. The third-order valence-corrected chi connectivity index (χ3v) is 5.06. The lowest BCUT2D eigenvalue weighted by Crippen LogP contribution is -2.33. The summed E-state index contributed by atoms with van der Waals surface area (Å²) in [5.74, 6) is 0.879. The molecular weight excluding hydrogens is 316 g/mol. The Bertz CT molecular complexity index is 823. The van der Waals surface area contributed by atoms with Crippen LogP contribution >= 0.6 is 0 Å². The number of aromatic nitrogens is 1. The molecule has 1 aromatic heterocycles. The number of piperidine rings is 1. The Balaban J connectivity index is 0.000000158. The van der Waals surface area contributed by atoms with Gasteiger partial charge in [-0.1, -0.05) is 60.5 Å². The average Bonchev–Trinajstić information content (AvgIpc) is 2.64. The molecule has 26 heavy (non-hydrogen) atoms. The van der Waals surface area contributed by atoms with E-state index in [0.717, 1.165) is 12.5 Å². The minimum atomic E-state index is 0.879. The van der Waals surface area contributed by atoms with Crippen LogP contribution in [0.5, 0.6) is 0 Å². The predicted molar refractivity (Wildman–Crippen MR) is 111 cm³/mol. The lowest BCUT2D eigenvalue weighted by Gasteiger charge is -2.30. The average molecular weight is 347 g/mol. The number of likely N-dealkylation sites (tertiary alicyclic amines) is 1. The van der Waals surface area contributed by atoms with Gasteiger partial charge in [-0.05, 0) is 56.2 Å². The molecule has 2 aromatic carbocycles. The van der Waals surface area contributed by atoms with E-state index in [9.17, 15) is 0 Å². The Labute approximate surface area is 157 Å². The Morgan fingerprint density at radius 3 is 2.50 bits per heavy atom. The lowest BCUT2D eigenvalue weighted by atomic mass is 10.00. The molecule has 0 saturated carbocycles. The molecule has 0 bridgehead atoms. The fraction of sp³-hybridized carbons (Fsp3) is 0.375. The summed E-state index contributed by atoms with van der Waals surface area (Å²) in [6.45, 7) is 10.3. The fourth-order valence-corrected chi connectivity index (χ4v) is 3.58. The van der Waals surface area contributed by atoms with Crippen molar-refractivity contribution in [2.24, 2.45) is 5.92 Å². The van der Waals surface area contributed by atoms with Crippen LogP contribution in [0.1, 0.15) is 36.5 Å². The van der Waals surface area contributed by atoms with Gasteiger partial charge in [-0.3, -0.25) is 9.88 Å². The number of aryl methyl sites for hydroxylation is 2. The van der Waals surface area contributed by atoms with Gasteiger partial charge < -0.3 is 0 Å². The Morgan fingerprint density at radius 2 is 1.73 bits per heavy atom. The van der Waals surface area contributed by atoms with Crippen molar-refractivity contribution in [1.29, 1.82) is 0 Å². The van der Waals surface area contributed by atoms with E-state index in [2.05, 4.69) is 73.1 Å². The molecule has 0 aliphatic carbocycles. The van der Waals surface area contributed by atoms with Crippen molar-refractivity contribution in [2.45, 2.75) is 40.2 Å². The Hall–Kier alpha value is -2.19. The van der Waals surface area contributed by atoms with Crippen molar-refractivity contribution in [1.82, 2.24) is 9.88 Å². The monoisotopic (exact) mass is 346 g/mol. The normalized spacial score (nSPS) is 17.6. The van der Waals surface area contributed by atoms with Gasteiger partial charge in [0.05, 0.1) is 0 Å². The van der Waals surface area contributed by atoms with E-state index < -0.39 is 0 Å². The Morgan fingerprint density at radius 1 is 0.962 bits per heavy atom. The van der Waals surface area contributed by atoms with Crippen LogP contribution in [0.15, 0.2) is 60.9 Å². The number of nitrogens with zero attached hydrogens (tertiary/aromatic N) is 2. The first kappa shape index (κ1) is 18.6. The van der Waals surface area contributed by atoms with E-state index in [1.54, 1.807) is 0 Å². The molecule has 4 rings (SSSR count). The van der Waals surface area contributed by atoms with E-state index >= 15 is 0 Å². The summed E-state index contributed by atoms with van der Waals surface area (Å²) in [5.41, 5.74) is 4.10. The lowest BCUT2D eigenvalue weighted by molar-refractivity contribution is 0.176. The summed E-state index contributed by atoms with van der Waals surface area (Å²) < 4.78 is 0. The zero-order valence-electron chi connectivity index (χ0n) is 16.3. The molecule has 0 unspecified atom stereocenters. The highest BCUT2D eigenvalue weighted by Crippen LogP contribution is 2.18. The van der Waals surface area contributed by atoms with Crippen LogP contribution in [-0.4, -0.2) is 23.0 Å². The first-order valence-electron chi connectivity index (χ1n) is 9.68. The maximum Gasteiger partial charge on any atom is 0.0346 e. The van der Waals surface area contributed by atoms with Crippen molar-refractivity contribution in [3.05, 3.63) is 77.6 Å². The number of hydrogen-bond acceptors (Lipinski definition) is 2. The summed E-state index contributed by atoms with van der Waals surface area (Å²) in [5, 5.41) is 2.47. The quantitative estimate of drug-likeness (QED) is 0.585. The van der Waals surface area contributed by atoms with Gasteiger partial charge in [0.25, 0.3) is 0 Å². The molecule has 2 heteroatoms. The third kappa shape index (κ3) is 5.40. The zero-order valence-corrected chi connectivity index (χ0v) is 16.3. The number of hydrogen-bond donors (Lipinski definition) is 0. The van der Waals surface area contributed by atoms with Gasteiger partial charge in [-0.25, -0.2) is 0 Å². The molecule has 136 valence electrons. The minimum absolute atomic E-state index is 0.879. The summed E-state index contributed by atoms with van der Waals surface area (Å²) in [4.78, 5) is 6.62. The molecule has 0 amide bonds. The molecule has 1 fully saturated rings. The van der Waals surface area contributed by atoms with Gasteiger partial charge in [-0.15, -0.1) is 0 Å². The van der Waals surface area contributed by atoms with Crippen LogP contribution in [-0.2, 0) is 6.54 Å². The first-order chi connectivity index (χ1) is 12.6. The van der Waals surface area contributed by atoms with Crippen molar-refractivity contribution >= 4 is 10.8 Å². The van der Waals surface area contributed by atoms with Crippen LogP contribution in [0.3, 0.4) is 0 Å². The molecule has 1 atom stereocenters. The van der Waals surface area contributed by atoms with Crippen LogP contribution in [0.25, 0.3) is 10.8 Å². The van der Waals surface area contributed by atoms with Crippen LogP contribution < -0.4 is 0 Å². The summed E-state index contributed by atoms with van der Waals surface area (Å²) in [6, 6.07) is 17.3. The van der Waals surface area contributed by atoms with E-state index in [0.29, 0.717) is 0 Å². The SMILES string of the molecule is Cc1ccc(CN2CCC[C@@H](C)C2)cc1.Cc1ccc2cnccc2c1. The third-order valence-electron chi connectivity index (χ3n) is 5.06. The van der Waals surface area contributed by atoms with Gasteiger partial charge in [0.1, 0.15) is 0 Å². The van der Waals surface area contributed by atoms with Crippen LogP contribution in [0, 0.1) is 19.8 Å². The molecule has 1 aliphatic heterocycles. The summed E-state index contributed by atoms with van der Waals surface area (Å²) >= 11 is 0. The van der Waals surface area contributed by atoms with Crippen molar-refractivity contribution < 1.29 is 0 Å². The van der Waals surface area contributed by atoms with Crippen molar-refractivity contribution in [2.75, 3.05) is 13.1 Å². The molecule has 3 aromatic rings. The van der Waals surface area contributed by atoms with Crippen LogP contribution in [0.4, 0.5) is 0 Å². The molecule has 0 N–H and O–H groups in total. The highest BCUT2D eigenvalue weighted by Gasteiger charge is 2.15. The maximum absolute atomic E-state index is 4.04. The van der Waals surface area contributed by atoms with Crippen molar-refractivity contribution in [3.8, 4) is 0 Å². The van der Waals surface area contributed by atoms with Gasteiger partial charge >= 0.3 is 0 Å². The standard InChI is InChI=1S/C14H21N.C10H9N/c1-12-5-7-14(8-6-12)11-15-9-3-4-13(2)10-15;1-8-2-3-10-7-11-5-4-9(10)6-8/h5-8,13H,3-4,9-11H2,1-2H3;2-7H,1H3/t13-;/m1./s1. The van der Waals surface area contributed by atoms with Gasteiger partial charge in [-0.2, -0.15) is 0 Å². The van der Waals surface area contributed by atoms with Gasteiger partial charge in [0.15, 0.2) is 0 Å². The number of rotatable bonds is 2. The molecular formula is C24H30N2. The largest absolute Gasteiger partial charge is 0.299 e. The van der Waals surface area contributed by atoms with E-state index in [4.69, 9.17) is 0 Å². The molecule has 2 heterocycles. The van der Waals surface area contributed by atoms with E-state index in [-0.39, 0.29) is 0 Å². The predicted octanol–water partition coefficient (Wildman–Crippen LogP) is 5.77. The van der Waals surface area contributed by atoms with Gasteiger partial charge in [0, 0.05) is 30.9 Å². The first-order valence-corrected chi connectivity index (χ1v) is 9.68. The second-order valence-electron chi connectivity index (χ2n) is 7.69. The van der Waals surface area contributed by atoms with Gasteiger partial charge in [0.2, 0.25) is 0 Å². The molecule has 0 radical (unpaired) electrons. The van der Waals surface area contributed by atoms with E-state index in [1.165, 1.54) is 53.4 Å². The number of pyridine rings is 1.